The number of benzene rings is 1. The van der Waals surface area contributed by atoms with E-state index in [0.29, 0.717) is 11.4 Å². The third-order valence-electron chi connectivity index (χ3n) is 3.54. The second-order valence-electron chi connectivity index (χ2n) is 4.90. The van der Waals surface area contributed by atoms with Crippen LogP contribution in [0.4, 0.5) is 0 Å². The number of H-pyrrole nitrogens is 1. The summed E-state index contributed by atoms with van der Waals surface area (Å²) in [4.78, 5) is 7.39. The molecular formula is C16H17N3OS. The van der Waals surface area contributed by atoms with Crippen molar-refractivity contribution in [1.82, 2.24) is 14.5 Å². The number of imidazole rings is 1. The Bertz CT molecular complexity index is 835. The first-order valence-corrected chi connectivity index (χ1v) is 7.35. The molecule has 0 unspecified atom stereocenters. The highest BCUT2D eigenvalue weighted by atomic mass is 32.1. The minimum Gasteiger partial charge on any atom is -0.492 e. The first kappa shape index (κ1) is 13.8. The standard InChI is InChI=1S/C16H17N3OS/c1-3-20-14-6-4-5-13-15(14)18-16(21)19(13)10-12-7-8-17-9-11(12)2/h4-9H,3,10H2,1-2H3,(H,18,21). The fourth-order valence-electron chi connectivity index (χ4n) is 2.44. The number of nitrogens with zero attached hydrogens (tertiary/aromatic N) is 2. The van der Waals surface area contributed by atoms with Gasteiger partial charge in [-0.1, -0.05) is 6.07 Å². The summed E-state index contributed by atoms with van der Waals surface area (Å²) >= 11 is 5.48. The van der Waals surface area contributed by atoms with Crippen molar-refractivity contribution in [3.8, 4) is 5.75 Å². The van der Waals surface area contributed by atoms with E-state index in [-0.39, 0.29) is 0 Å². The van der Waals surface area contributed by atoms with E-state index >= 15 is 0 Å². The number of pyridine rings is 1. The van der Waals surface area contributed by atoms with Crippen molar-refractivity contribution in [2.75, 3.05) is 6.61 Å². The molecule has 2 heterocycles. The van der Waals surface area contributed by atoms with Crippen LogP contribution in [0.25, 0.3) is 11.0 Å². The molecule has 5 heteroatoms. The van der Waals surface area contributed by atoms with Gasteiger partial charge < -0.3 is 14.3 Å². The van der Waals surface area contributed by atoms with E-state index in [1.807, 2.05) is 37.5 Å². The first-order valence-electron chi connectivity index (χ1n) is 6.94. The van der Waals surface area contributed by atoms with E-state index in [9.17, 15) is 0 Å². The molecule has 0 fully saturated rings. The first-order chi connectivity index (χ1) is 10.2. The van der Waals surface area contributed by atoms with Gasteiger partial charge in [0.15, 0.2) is 4.77 Å². The predicted octanol–water partition coefficient (Wildman–Crippen LogP) is 3.85. The summed E-state index contributed by atoms with van der Waals surface area (Å²) in [7, 11) is 0. The van der Waals surface area contributed by atoms with Crippen LogP contribution < -0.4 is 4.74 Å². The highest BCUT2D eigenvalue weighted by molar-refractivity contribution is 7.71. The van der Waals surface area contributed by atoms with Crippen LogP contribution >= 0.6 is 12.2 Å². The number of hydrogen-bond acceptors (Lipinski definition) is 3. The molecule has 0 saturated carbocycles. The largest absolute Gasteiger partial charge is 0.492 e. The molecule has 0 saturated heterocycles. The Morgan fingerprint density at radius 2 is 2.19 bits per heavy atom. The Balaban J connectivity index is 2.11. The van der Waals surface area contributed by atoms with Crippen LogP contribution in [0.15, 0.2) is 36.7 Å². The number of aromatic nitrogens is 3. The fourth-order valence-corrected chi connectivity index (χ4v) is 2.70. The number of hydrogen-bond donors (Lipinski definition) is 1. The molecule has 21 heavy (non-hydrogen) atoms. The molecule has 0 bridgehead atoms. The zero-order valence-electron chi connectivity index (χ0n) is 12.1. The van der Waals surface area contributed by atoms with Gasteiger partial charge in [0.1, 0.15) is 11.3 Å². The van der Waals surface area contributed by atoms with Crippen molar-refractivity contribution >= 4 is 23.3 Å². The molecule has 0 aliphatic heterocycles. The summed E-state index contributed by atoms with van der Waals surface area (Å²) in [6, 6.07) is 8.04. The van der Waals surface area contributed by atoms with Crippen molar-refractivity contribution in [2.45, 2.75) is 20.4 Å². The lowest BCUT2D eigenvalue weighted by Crippen LogP contribution is -2.02. The summed E-state index contributed by atoms with van der Waals surface area (Å²) in [5, 5.41) is 0. The fraction of sp³-hybridized carbons (Fsp3) is 0.250. The van der Waals surface area contributed by atoms with Crippen LogP contribution in [0.2, 0.25) is 0 Å². The second kappa shape index (κ2) is 5.69. The number of ether oxygens (including phenoxy) is 1. The second-order valence-corrected chi connectivity index (χ2v) is 5.29. The smallest absolute Gasteiger partial charge is 0.178 e. The molecule has 0 atom stereocenters. The molecule has 0 aliphatic rings. The third-order valence-corrected chi connectivity index (χ3v) is 3.86. The molecule has 0 amide bonds. The molecule has 1 N–H and O–H groups in total. The molecule has 0 aliphatic carbocycles. The lowest BCUT2D eigenvalue weighted by Gasteiger charge is -2.08. The quantitative estimate of drug-likeness (QED) is 0.744. The summed E-state index contributed by atoms with van der Waals surface area (Å²) in [5.41, 5.74) is 4.39. The predicted molar refractivity (Wildman–Crippen MR) is 86.4 cm³/mol. The average molecular weight is 299 g/mol. The summed E-state index contributed by atoms with van der Waals surface area (Å²) in [6.45, 7) is 5.40. The number of fused-ring (bicyclic) bond motifs is 1. The number of nitrogens with one attached hydrogen (secondary N) is 1. The van der Waals surface area contributed by atoms with E-state index in [1.165, 1.54) is 5.56 Å². The van der Waals surface area contributed by atoms with Gasteiger partial charge in [-0.3, -0.25) is 4.98 Å². The van der Waals surface area contributed by atoms with Crippen LogP contribution in [-0.2, 0) is 6.54 Å². The van der Waals surface area contributed by atoms with Gasteiger partial charge in [0.05, 0.1) is 18.7 Å². The SMILES string of the molecule is CCOc1cccc2c1[nH]c(=S)n2Cc1ccncc1C. The molecule has 1 aromatic carbocycles. The van der Waals surface area contributed by atoms with Gasteiger partial charge in [-0.15, -0.1) is 0 Å². The number of aryl methyl sites for hydroxylation is 1. The Kier molecular flexibility index (Phi) is 3.75. The Hall–Kier alpha value is -2.14. The molecule has 108 valence electrons. The van der Waals surface area contributed by atoms with Crippen LogP contribution in [-0.4, -0.2) is 21.1 Å². The van der Waals surface area contributed by atoms with E-state index in [4.69, 9.17) is 17.0 Å². The number of aromatic amines is 1. The van der Waals surface area contributed by atoms with Gasteiger partial charge >= 0.3 is 0 Å². The van der Waals surface area contributed by atoms with Gasteiger partial charge in [-0.25, -0.2) is 0 Å². The molecule has 3 rings (SSSR count). The van der Waals surface area contributed by atoms with Gasteiger partial charge in [0.25, 0.3) is 0 Å². The lowest BCUT2D eigenvalue weighted by atomic mass is 10.1. The average Bonchev–Trinajstić information content (AvgIpc) is 2.79. The zero-order chi connectivity index (χ0) is 14.8. The molecule has 0 radical (unpaired) electrons. The lowest BCUT2D eigenvalue weighted by molar-refractivity contribution is 0.343. The summed E-state index contributed by atoms with van der Waals surface area (Å²) in [6.07, 6.45) is 3.69. The minimum atomic E-state index is 0.633. The van der Waals surface area contributed by atoms with E-state index < -0.39 is 0 Å². The number of para-hydroxylation sites is 1. The normalized spacial score (nSPS) is 11.0. The van der Waals surface area contributed by atoms with Gasteiger partial charge in [0.2, 0.25) is 0 Å². The Morgan fingerprint density at radius 1 is 1.33 bits per heavy atom. The van der Waals surface area contributed by atoms with E-state index in [1.54, 1.807) is 0 Å². The van der Waals surface area contributed by atoms with Crippen molar-refractivity contribution in [2.24, 2.45) is 0 Å². The van der Waals surface area contributed by atoms with Gasteiger partial charge in [0, 0.05) is 12.4 Å². The minimum absolute atomic E-state index is 0.633. The van der Waals surface area contributed by atoms with Crippen molar-refractivity contribution in [3.05, 3.63) is 52.6 Å². The van der Waals surface area contributed by atoms with Crippen LogP contribution in [0, 0.1) is 11.7 Å². The maximum absolute atomic E-state index is 5.66. The third kappa shape index (κ3) is 2.56. The van der Waals surface area contributed by atoms with Crippen LogP contribution in [0.1, 0.15) is 18.1 Å². The molecular weight excluding hydrogens is 282 g/mol. The monoisotopic (exact) mass is 299 g/mol. The van der Waals surface area contributed by atoms with Crippen molar-refractivity contribution in [1.29, 1.82) is 0 Å². The molecule has 2 aromatic heterocycles. The highest BCUT2D eigenvalue weighted by Crippen LogP contribution is 2.25. The molecule has 0 spiro atoms. The van der Waals surface area contributed by atoms with Gasteiger partial charge in [-0.2, -0.15) is 0 Å². The van der Waals surface area contributed by atoms with Crippen molar-refractivity contribution in [3.63, 3.8) is 0 Å². The summed E-state index contributed by atoms with van der Waals surface area (Å²) in [5.74, 6) is 0.839. The van der Waals surface area contributed by atoms with Crippen LogP contribution in [0.3, 0.4) is 0 Å². The van der Waals surface area contributed by atoms with E-state index in [0.717, 1.165) is 28.9 Å². The van der Waals surface area contributed by atoms with Gasteiger partial charge in [-0.05, 0) is 55.4 Å². The van der Waals surface area contributed by atoms with Crippen molar-refractivity contribution < 1.29 is 4.74 Å². The maximum atomic E-state index is 5.66. The van der Waals surface area contributed by atoms with E-state index in [2.05, 4.69) is 27.5 Å². The topological polar surface area (TPSA) is 42.8 Å². The zero-order valence-corrected chi connectivity index (χ0v) is 12.9. The molecule has 3 aromatic rings. The maximum Gasteiger partial charge on any atom is 0.178 e. The van der Waals surface area contributed by atoms with Crippen LogP contribution in [0.5, 0.6) is 5.75 Å². The number of rotatable bonds is 4. The highest BCUT2D eigenvalue weighted by Gasteiger charge is 2.10. The summed E-state index contributed by atoms with van der Waals surface area (Å²) < 4.78 is 8.46. The molecule has 4 nitrogen and oxygen atoms in total. The Labute approximate surface area is 128 Å². The Morgan fingerprint density at radius 3 is 2.95 bits per heavy atom.